The number of ether oxygens (including phenoxy) is 2. The van der Waals surface area contributed by atoms with Crippen molar-refractivity contribution in [3.63, 3.8) is 0 Å². The molecule has 4 N–H and O–H groups in total. The first kappa shape index (κ1) is 15.8. The Labute approximate surface area is 96.9 Å². The average Bonchev–Trinajstić information content (AvgIpc) is 2.32. The molecular formula is C10H24N2O4. The van der Waals surface area contributed by atoms with Crippen LogP contribution in [0.2, 0.25) is 0 Å². The Hall–Kier alpha value is -0.240. The van der Waals surface area contributed by atoms with Crippen LogP contribution in [0.1, 0.15) is 6.42 Å². The normalized spacial score (nSPS) is 12.9. The van der Waals surface area contributed by atoms with Crippen molar-refractivity contribution in [2.24, 2.45) is 0 Å². The Morgan fingerprint density at radius 1 is 1.12 bits per heavy atom. The standard InChI is InChI=1S/C10H24N2O4/c1-15-8-5-11-3-2-7-16-10(9-14)12-4-6-13/h10-14H,2-9H2,1H3. The predicted molar refractivity (Wildman–Crippen MR) is 61.3 cm³/mol. The summed E-state index contributed by atoms with van der Waals surface area (Å²) in [7, 11) is 1.67. The summed E-state index contributed by atoms with van der Waals surface area (Å²) in [5, 5.41) is 23.6. The van der Waals surface area contributed by atoms with E-state index in [1.54, 1.807) is 7.11 Å². The first-order chi connectivity index (χ1) is 7.85. The van der Waals surface area contributed by atoms with Crippen LogP contribution in [0, 0.1) is 0 Å². The van der Waals surface area contributed by atoms with Crippen LogP contribution in [0.4, 0.5) is 0 Å². The molecule has 0 rings (SSSR count). The maximum Gasteiger partial charge on any atom is 0.131 e. The van der Waals surface area contributed by atoms with Gasteiger partial charge in [0.05, 0.1) is 19.8 Å². The fourth-order valence-corrected chi connectivity index (χ4v) is 1.12. The van der Waals surface area contributed by atoms with E-state index in [1.807, 2.05) is 0 Å². The minimum atomic E-state index is -0.383. The lowest BCUT2D eigenvalue weighted by Gasteiger charge is -2.16. The predicted octanol–water partition coefficient (Wildman–Crippen LogP) is -1.47. The van der Waals surface area contributed by atoms with Gasteiger partial charge < -0.3 is 25.0 Å². The van der Waals surface area contributed by atoms with Gasteiger partial charge in [-0.25, -0.2) is 0 Å². The van der Waals surface area contributed by atoms with Gasteiger partial charge in [0.15, 0.2) is 0 Å². The molecule has 0 fully saturated rings. The molecule has 98 valence electrons. The molecular weight excluding hydrogens is 212 g/mol. The van der Waals surface area contributed by atoms with Gasteiger partial charge in [-0.05, 0) is 13.0 Å². The zero-order chi connectivity index (χ0) is 12.1. The number of methoxy groups -OCH3 is 1. The Morgan fingerprint density at radius 2 is 1.94 bits per heavy atom. The number of hydrogen-bond acceptors (Lipinski definition) is 6. The molecule has 0 aromatic heterocycles. The number of rotatable bonds is 12. The lowest BCUT2D eigenvalue weighted by atomic mass is 10.4. The Bertz CT molecular complexity index is 138. The lowest BCUT2D eigenvalue weighted by Crippen LogP contribution is -2.37. The highest BCUT2D eigenvalue weighted by molar-refractivity contribution is 4.53. The molecule has 0 heterocycles. The van der Waals surface area contributed by atoms with Crippen molar-refractivity contribution in [2.45, 2.75) is 12.6 Å². The van der Waals surface area contributed by atoms with Gasteiger partial charge in [-0.1, -0.05) is 0 Å². The topological polar surface area (TPSA) is 83.0 Å². The third kappa shape index (κ3) is 10.3. The summed E-state index contributed by atoms with van der Waals surface area (Å²) in [4.78, 5) is 0. The molecule has 0 aromatic carbocycles. The van der Waals surface area contributed by atoms with Crippen molar-refractivity contribution >= 4 is 0 Å². The van der Waals surface area contributed by atoms with Crippen LogP contribution in [-0.2, 0) is 9.47 Å². The molecule has 1 atom stereocenters. The van der Waals surface area contributed by atoms with Crippen molar-refractivity contribution < 1.29 is 19.7 Å². The van der Waals surface area contributed by atoms with Crippen molar-refractivity contribution in [1.29, 1.82) is 0 Å². The molecule has 0 aliphatic heterocycles. The molecule has 0 aliphatic carbocycles. The van der Waals surface area contributed by atoms with Gasteiger partial charge in [0, 0.05) is 26.8 Å². The highest BCUT2D eigenvalue weighted by Crippen LogP contribution is 1.88. The van der Waals surface area contributed by atoms with Crippen molar-refractivity contribution in [1.82, 2.24) is 10.6 Å². The largest absolute Gasteiger partial charge is 0.395 e. The van der Waals surface area contributed by atoms with E-state index in [9.17, 15) is 0 Å². The van der Waals surface area contributed by atoms with E-state index in [0.29, 0.717) is 19.8 Å². The molecule has 6 nitrogen and oxygen atoms in total. The fraction of sp³-hybridized carbons (Fsp3) is 1.00. The molecule has 0 aromatic rings. The van der Waals surface area contributed by atoms with Crippen LogP contribution in [0.3, 0.4) is 0 Å². The molecule has 0 saturated carbocycles. The van der Waals surface area contributed by atoms with Gasteiger partial charge >= 0.3 is 0 Å². The molecule has 16 heavy (non-hydrogen) atoms. The van der Waals surface area contributed by atoms with Crippen LogP contribution < -0.4 is 10.6 Å². The van der Waals surface area contributed by atoms with Gasteiger partial charge in [-0.15, -0.1) is 0 Å². The third-order valence-corrected chi connectivity index (χ3v) is 1.95. The fourth-order valence-electron chi connectivity index (χ4n) is 1.12. The number of aliphatic hydroxyl groups excluding tert-OH is 2. The molecule has 6 heteroatoms. The quantitative estimate of drug-likeness (QED) is 0.245. The van der Waals surface area contributed by atoms with Gasteiger partial charge in [0.2, 0.25) is 0 Å². The molecule has 0 saturated heterocycles. The zero-order valence-electron chi connectivity index (χ0n) is 9.95. The highest BCUT2D eigenvalue weighted by atomic mass is 16.5. The number of aliphatic hydroxyl groups is 2. The van der Waals surface area contributed by atoms with Crippen molar-refractivity contribution in [2.75, 3.05) is 53.2 Å². The zero-order valence-corrected chi connectivity index (χ0v) is 9.95. The molecule has 0 radical (unpaired) electrons. The van der Waals surface area contributed by atoms with Gasteiger partial charge in [-0.2, -0.15) is 0 Å². The van der Waals surface area contributed by atoms with E-state index in [2.05, 4.69) is 10.6 Å². The maximum atomic E-state index is 8.92. The molecule has 0 aliphatic rings. The first-order valence-electron chi connectivity index (χ1n) is 5.61. The SMILES string of the molecule is COCCNCCCOC(CO)NCCO. The van der Waals surface area contributed by atoms with Gasteiger partial charge in [0.25, 0.3) is 0 Å². The van der Waals surface area contributed by atoms with Crippen LogP contribution in [0.15, 0.2) is 0 Å². The van der Waals surface area contributed by atoms with Gasteiger partial charge in [-0.3, -0.25) is 5.32 Å². The summed E-state index contributed by atoms with van der Waals surface area (Å²) in [5.74, 6) is 0. The summed E-state index contributed by atoms with van der Waals surface area (Å²) in [5.41, 5.74) is 0. The number of hydrogen-bond donors (Lipinski definition) is 4. The van der Waals surface area contributed by atoms with E-state index in [4.69, 9.17) is 19.7 Å². The minimum Gasteiger partial charge on any atom is -0.395 e. The summed E-state index contributed by atoms with van der Waals surface area (Å²) < 4.78 is 10.2. The Morgan fingerprint density at radius 3 is 2.56 bits per heavy atom. The average molecular weight is 236 g/mol. The second kappa shape index (κ2) is 12.8. The van der Waals surface area contributed by atoms with E-state index < -0.39 is 0 Å². The summed E-state index contributed by atoms with van der Waals surface area (Å²) in [6, 6.07) is 0. The van der Waals surface area contributed by atoms with Crippen LogP contribution in [0.5, 0.6) is 0 Å². The van der Waals surface area contributed by atoms with E-state index in [0.717, 1.165) is 19.5 Å². The molecule has 0 bridgehead atoms. The van der Waals surface area contributed by atoms with E-state index >= 15 is 0 Å². The Balaban J connectivity index is 3.20. The Kier molecular flexibility index (Phi) is 12.6. The molecule has 1 unspecified atom stereocenters. The van der Waals surface area contributed by atoms with Gasteiger partial charge in [0.1, 0.15) is 6.23 Å². The van der Waals surface area contributed by atoms with Crippen LogP contribution in [0.25, 0.3) is 0 Å². The maximum absolute atomic E-state index is 8.92. The second-order valence-corrected chi connectivity index (χ2v) is 3.32. The van der Waals surface area contributed by atoms with Crippen molar-refractivity contribution in [3.05, 3.63) is 0 Å². The summed E-state index contributed by atoms with van der Waals surface area (Å²) in [6.45, 7) is 3.36. The lowest BCUT2D eigenvalue weighted by molar-refractivity contribution is -0.0107. The smallest absolute Gasteiger partial charge is 0.131 e. The molecule has 0 amide bonds. The minimum absolute atomic E-state index is 0.0401. The van der Waals surface area contributed by atoms with Crippen LogP contribution >= 0.6 is 0 Å². The summed E-state index contributed by atoms with van der Waals surface area (Å²) in [6.07, 6.45) is 0.493. The van der Waals surface area contributed by atoms with Crippen molar-refractivity contribution in [3.8, 4) is 0 Å². The second-order valence-electron chi connectivity index (χ2n) is 3.32. The van der Waals surface area contributed by atoms with E-state index in [1.165, 1.54) is 0 Å². The molecule has 0 spiro atoms. The third-order valence-electron chi connectivity index (χ3n) is 1.95. The highest BCUT2D eigenvalue weighted by Gasteiger charge is 2.04. The van der Waals surface area contributed by atoms with E-state index in [-0.39, 0.29) is 19.4 Å². The monoisotopic (exact) mass is 236 g/mol. The summed E-state index contributed by atoms with van der Waals surface area (Å²) >= 11 is 0. The number of nitrogens with one attached hydrogen (secondary N) is 2. The van der Waals surface area contributed by atoms with Crippen LogP contribution in [-0.4, -0.2) is 69.6 Å². The first-order valence-corrected chi connectivity index (χ1v) is 5.61.